The van der Waals surface area contributed by atoms with Crippen molar-refractivity contribution in [2.45, 2.75) is 46.5 Å². The highest BCUT2D eigenvalue weighted by Gasteiger charge is 2.34. The Kier molecular flexibility index (Phi) is 3.53. The summed E-state index contributed by atoms with van der Waals surface area (Å²) in [6.07, 6.45) is 4.02. The highest BCUT2D eigenvalue weighted by atomic mass is 16.5. The lowest BCUT2D eigenvalue weighted by atomic mass is 9.76. The Labute approximate surface area is 86.1 Å². The predicted octanol–water partition coefficient (Wildman–Crippen LogP) is 2.44. The van der Waals surface area contributed by atoms with Crippen LogP contribution in [-0.2, 0) is 4.79 Å². The molecule has 1 atom stereocenters. The smallest absolute Gasteiger partial charge is 0.249 e. The van der Waals surface area contributed by atoms with Crippen LogP contribution in [0.2, 0.25) is 0 Å². The minimum Gasteiger partial charge on any atom is -0.286 e. The normalized spacial score (nSPS) is 25.9. The van der Waals surface area contributed by atoms with Crippen LogP contribution in [0.5, 0.6) is 0 Å². The maximum Gasteiger partial charge on any atom is 0.249 e. The van der Waals surface area contributed by atoms with Gasteiger partial charge in [-0.1, -0.05) is 33.6 Å². The number of rotatable bonds is 0. The molecule has 1 rings (SSSR count). The Bertz CT molecular complexity index is 208. The molecule has 1 heterocycles. The van der Waals surface area contributed by atoms with Crippen LogP contribution >= 0.6 is 0 Å². The van der Waals surface area contributed by atoms with E-state index in [1.54, 1.807) is 0 Å². The van der Waals surface area contributed by atoms with E-state index in [1.165, 1.54) is 0 Å². The zero-order chi connectivity index (χ0) is 10.8. The van der Waals surface area contributed by atoms with Crippen LogP contribution in [0.4, 0.5) is 0 Å². The monoisotopic (exact) mass is 199 g/mol. The van der Waals surface area contributed by atoms with Crippen LogP contribution < -0.4 is 0 Å². The van der Waals surface area contributed by atoms with Crippen LogP contribution in [0.1, 0.15) is 46.5 Å². The first-order valence-corrected chi connectivity index (χ1v) is 5.43. The van der Waals surface area contributed by atoms with Gasteiger partial charge in [-0.3, -0.25) is 10.0 Å². The van der Waals surface area contributed by atoms with Crippen LogP contribution in [-0.4, -0.2) is 22.7 Å². The summed E-state index contributed by atoms with van der Waals surface area (Å²) in [6.45, 7) is 6.67. The van der Waals surface area contributed by atoms with Crippen molar-refractivity contribution < 1.29 is 10.0 Å². The van der Waals surface area contributed by atoms with E-state index in [0.717, 1.165) is 30.7 Å². The Morgan fingerprint density at radius 3 is 2.50 bits per heavy atom. The molecule has 0 radical (unpaired) electrons. The Balaban J connectivity index is 2.74. The minimum absolute atomic E-state index is 0.0344. The van der Waals surface area contributed by atoms with Crippen LogP contribution in [0, 0.1) is 11.3 Å². The van der Waals surface area contributed by atoms with Crippen LogP contribution in [0.15, 0.2) is 0 Å². The van der Waals surface area contributed by atoms with Gasteiger partial charge in [-0.05, 0) is 18.3 Å². The van der Waals surface area contributed by atoms with Crippen molar-refractivity contribution in [3.8, 4) is 0 Å². The Morgan fingerprint density at radius 2 is 1.93 bits per heavy atom. The molecule has 3 nitrogen and oxygen atoms in total. The maximum absolute atomic E-state index is 11.8. The predicted molar refractivity (Wildman–Crippen MR) is 54.9 cm³/mol. The van der Waals surface area contributed by atoms with E-state index < -0.39 is 0 Å². The van der Waals surface area contributed by atoms with E-state index in [-0.39, 0.29) is 17.2 Å². The van der Waals surface area contributed by atoms with Crippen molar-refractivity contribution in [2.24, 2.45) is 11.3 Å². The molecule has 1 fully saturated rings. The molecule has 0 spiro atoms. The quantitative estimate of drug-likeness (QED) is 0.609. The van der Waals surface area contributed by atoms with Crippen molar-refractivity contribution in [1.29, 1.82) is 0 Å². The van der Waals surface area contributed by atoms with Crippen molar-refractivity contribution in [3.05, 3.63) is 0 Å². The summed E-state index contributed by atoms with van der Waals surface area (Å²) in [7, 11) is 0. The topological polar surface area (TPSA) is 40.5 Å². The molecule has 0 aromatic heterocycles. The first kappa shape index (κ1) is 11.5. The molecule has 1 saturated heterocycles. The second-order valence-electron chi connectivity index (χ2n) is 5.23. The van der Waals surface area contributed by atoms with Gasteiger partial charge >= 0.3 is 0 Å². The number of carbonyl (C=O) groups excluding carboxylic acids is 1. The van der Waals surface area contributed by atoms with Gasteiger partial charge in [0.05, 0.1) is 0 Å². The SMILES string of the molecule is CC(C)(C)C1CCCCCN(O)C1=O. The fourth-order valence-corrected chi connectivity index (χ4v) is 2.00. The number of nitrogens with zero attached hydrogens (tertiary/aromatic N) is 1. The van der Waals surface area contributed by atoms with Crippen molar-refractivity contribution in [3.63, 3.8) is 0 Å². The molecule has 1 unspecified atom stereocenters. The Morgan fingerprint density at radius 1 is 1.29 bits per heavy atom. The third kappa shape index (κ3) is 2.71. The van der Waals surface area contributed by atoms with Crippen molar-refractivity contribution >= 4 is 5.91 Å². The molecule has 0 bridgehead atoms. The first-order chi connectivity index (χ1) is 6.43. The van der Waals surface area contributed by atoms with E-state index in [2.05, 4.69) is 20.8 Å². The lowest BCUT2D eigenvalue weighted by Gasteiger charge is -2.33. The molecule has 1 aliphatic rings. The molecule has 0 saturated carbocycles. The molecule has 0 aliphatic carbocycles. The first-order valence-electron chi connectivity index (χ1n) is 5.43. The van der Waals surface area contributed by atoms with E-state index in [0.29, 0.717) is 6.54 Å². The lowest BCUT2D eigenvalue weighted by molar-refractivity contribution is -0.175. The summed E-state index contributed by atoms with van der Waals surface area (Å²) in [5.41, 5.74) is -0.0462. The highest BCUT2D eigenvalue weighted by Crippen LogP contribution is 2.32. The molecule has 82 valence electrons. The van der Waals surface area contributed by atoms with E-state index in [1.807, 2.05) is 0 Å². The molecule has 0 aromatic rings. The molecule has 1 amide bonds. The zero-order valence-corrected chi connectivity index (χ0v) is 9.42. The number of carbonyl (C=O) groups is 1. The highest BCUT2D eigenvalue weighted by molar-refractivity contribution is 5.78. The number of hydrogen-bond donors (Lipinski definition) is 1. The van der Waals surface area contributed by atoms with Crippen molar-refractivity contribution in [2.75, 3.05) is 6.54 Å². The fraction of sp³-hybridized carbons (Fsp3) is 0.909. The Hall–Kier alpha value is -0.570. The average Bonchev–Trinajstić information content (AvgIpc) is 2.04. The van der Waals surface area contributed by atoms with Gasteiger partial charge in [0.2, 0.25) is 5.91 Å². The van der Waals surface area contributed by atoms with Gasteiger partial charge in [0.1, 0.15) is 0 Å². The maximum atomic E-state index is 11.8. The second-order valence-corrected chi connectivity index (χ2v) is 5.23. The summed E-state index contributed by atoms with van der Waals surface area (Å²) in [6, 6.07) is 0. The molecular weight excluding hydrogens is 178 g/mol. The third-order valence-electron chi connectivity index (χ3n) is 2.96. The molecule has 1 aliphatic heterocycles. The summed E-state index contributed by atoms with van der Waals surface area (Å²) < 4.78 is 0. The summed E-state index contributed by atoms with van der Waals surface area (Å²) in [4.78, 5) is 11.8. The molecule has 14 heavy (non-hydrogen) atoms. The summed E-state index contributed by atoms with van der Waals surface area (Å²) in [5.74, 6) is -0.134. The van der Waals surface area contributed by atoms with E-state index >= 15 is 0 Å². The summed E-state index contributed by atoms with van der Waals surface area (Å²) >= 11 is 0. The second kappa shape index (κ2) is 4.30. The molecule has 3 heteroatoms. The van der Waals surface area contributed by atoms with Gasteiger partial charge in [0.25, 0.3) is 0 Å². The third-order valence-corrected chi connectivity index (χ3v) is 2.96. The molecule has 1 N–H and O–H groups in total. The van der Waals surface area contributed by atoms with Gasteiger partial charge in [-0.25, -0.2) is 5.06 Å². The number of amides is 1. The fourth-order valence-electron chi connectivity index (χ4n) is 2.00. The largest absolute Gasteiger partial charge is 0.286 e. The van der Waals surface area contributed by atoms with Gasteiger partial charge in [-0.2, -0.15) is 0 Å². The number of hydrogen-bond acceptors (Lipinski definition) is 2. The summed E-state index contributed by atoms with van der Waals surface area (Å²) in [5, 5.41) is 10.4. The van der Waals surface area contributed by atoms with Crippen LogP contribution in [0.3, 0.4) is 0 Å². The average molecular weight is 199 g/mol. The van der Waals surface area contributed by atoms with Crippen LogP contribution in [0.25, 0.3) is 0 Å². The van der Waals surface area contributed by atoms with Crippen molar-refractivity contribution in [1.82, 2.24) is 5.06 Å². The van der Waals surface area contributed by atoms with Gasteiger partial charge in [0.15, 0.2) is 0 Å². The molecular formula is C11H21NO2. The van der Waals surface area contributed by atoms with Gasteiger partial charge in [0, 0.05) is 12.5 Å². The van der Waals surface area contributed by atoms with Gasteiger partial charge < -0.3 is 0 Å². The van der Waals surface area contributed by atoms with Gasteiger partial charge in [-0.15, -0.1) is 0 Å². The van der Waals surface area contributed by atoms with E-state index in [9.17, 15) is 10.0 Å². The standard InChI is InChI=1S/C11H21NO2/c1-11(2,3)9-7-5-4-6-8-12(14)10(9)13/h9,14H,4-8H2,1-3H3. The molecule has 0 aromatic carbocycles. The minimum atomic E-state index is -0.0998. The lowest BCUT2D eigenvalue weighted by Crippen LogP contribution is -2.41. The van der Waals surface area contributed by atoms with E-state index in [4.69, 9.17) is 0 Å². The number of hydroxylamine groups is 2. The zero-order valence-electron chi connectivity index (χ0n) is 9.42.